The molecule has 6 atom stereocenters. The van der Waals surface area contributed by atoms with Crippen molar-refractivity contribution in [1.29, 1.82) is 0 Å². The average Bonchev–Trinajstić information content (AvgIpc) is 3.96. The Morgan fingerprint density at radius 3 is 2.71 bits per heavy atom. The van der Waals surface area contributed by atoms with E-state index in [1.807, 2.05) is 25.1 Å². The number of fused-ring (bicyclic) bond motifs is 4. The lowest BCUT2D eigenvalue weighted by Gasteiger charge is -2.46. The first kappa shape index (κ1) is 36.4. The normalized spacial score (nSPS) is 32.8. The average molecular weight is 752 g/mol. The third kappa shape index (κ3) is 7.79. The van der Waals surface area contributed by atoms with Crippen LogP contribution in [0.25, 0.3) is 0 Å². The van der Waals surface area contributed by atoms with E-state index in [0.717, 1.165) is 107 Å². The minimum Gasteiger partial charge on any atom is -0.490 e. The van der Waals surface area contributed by atoms with Crippen molar-refractivity contribution >= 4 is 33.2 Å². The van der Waals surface area contributed by atoms with Gasteiger partial charge < -0.3 is 19.1 Å². The lowest BCUT2D eigenvalue weighted by Crippen LogP contribution is -2.50. The highest BCUT2D eigenvalue weighted by Gasteiger charge is 2.45. The molecule has 11 heteroatoms. The molecule has 9 nitrogen and oxygen atoms in total. The highest BCUT2D eigenvalue weighted by molar-refractivity contribution is 7.90. The van der Waals surface area contributed by atoms with Gasteiger partial charge in [-0.25, -0.2) is 13.1 Å². The summed E-state index contributed by atoms with van der Waals surface area (Å²) >= 11 is 6.49. The summed E-state index contributed by atoms with van der Waals surface area (Å²) in [5.41, 5.74) is 3.51. The Morgan fingerprint density at radius 2 is 1.92 bits per heavy atom. The summed E-state index contributed by atoms with van der Waals surface area (Å²) in [6.45, 7) is 8.96. The van der Waals surface area contributed by atoms with E-state index in [1.165, 1.54) is 11.1 Å². The van der Waals surface area contributed by atoms with E-state index in [9.17, 15) is 13.2 Å². The fourth-order valence-corrected chi connectivity index (χ4v) is 11.4. The van der Waals surface area contributed by atoms with E-state index in [-0.39, 0.29) is 17.4 Å². The number of anilines is 1. The number of amides is 1. The van der Waals surface area contributed by atoms with Gasteiger partial charge in [-0.2, -0.15) is 0 Å². The Kier molecular flexibility index (Phi) is 10.7. The van der Waals surface area contributed by atoms with Crippen LogP contribution in [0.2, 0.25) is 5.02 Å². The van der Waals surface area contributed by atoms with Crippen LogP contribution in [0.3, 0.4) is 0 Å². The van der Waals surface area contributed by atoms with Gasteiger partial charge in [0.25, 0.3) is 5.91 Å². The van der Waals surface area contributed by atoms with Gasteiger partial charge in [0.1, 0.15) is 5.75 Å². The van der Waals surface area contributed by atoms with E-state index in [2.05, 4.69) is 38.8 Å². The van der Waals surface area contributed by atoms with Crippen LogP contribution < -0.4 is 14.4 Å². The number of carbonyl (C=O) groups excluding carboxylic acids is 1. The van der Waals surface area contributed by atoms with Gasteiger partial charge in [0.2, 0.25) is 10.0 Å². The first-order valence-electron chi connectivity index (χ1n) is 19.6. The quantitative estimate of drug-likeness (QED) is 0.340. The number of ether oxygens (including phenoxy) is 3. The first-order valence-corrected chi connectivity index (χ1v) is 21.5. The Labute approximate surface area is 314 Å². The number of hydrogen-bond acceptors (Lipinski definition) is 8. The molecule has 1 N–H and O–H groups in total. The molecule has 3 heterocycles. The maximum atomic E-state index is 14.0. The third-order valence-corrected chi connectivity index (χ3v) is 15.0. The predicted octanol–water partition coefficient (Wildman–Crippen LogP) is 6.38. The van der Waals surface area contributed by atoms with E-state index >= 15 is 0 Å². The number of allylic oxidation sites excluding steroid dienone is 1. The molecule has 2 bridgehead atoms. The molecule has 1 spiro atoms. The monoisotopic (exact) mass is 751 g/mol. The Morgan fingerprint density at radius 1 is 1.08 bits per heavy atom. The number of nitrogens with one attached hydrogen (secondary N) is 1. The van der Waals surface area contributed by atoms with Crippen LogP contribution in [0.15, 0.2) is 48.6 Å². The molecule has 2 saturated carbocycles. The summed E-state index contributed by atoms with van der Waals surface area (Å²) in [5, 5.41) is 0.0991. The molecule has 3 aliphatic carbocycles. The number of morpholine rings is 1. The lowest BCUT2D eigenvalue weighted by molar-refractivity contribution is -0.0315. The zero-order valence-electron chi connectivity index (χ0n) is 30.4. The van der Waals surface area contributed by atoms with Gasteiger partial charge in [-0.05, 0) is 110 Å². The van der Waals surface area contributed by atoms with Gasteiger partial charge >= 0.3 is 0 Å². The molecule has 1 amide bonds. The summed E-state index contributed by atoms with van der Waals surface area (Å²) < 4.78 is 49.5. The molecule has 2 aromatic rings. The van der Waals surface area contributed by atoms with Crippen LogP contribution in [0.5, 0.6) is 5.75 Å². The lowest BCUT2D eigenvalue weighted by atomic mass is 9.68. The van der Waals surface area contributed by atoms with E-state index < -0.39 is 21.2 Å². The smallest absolute Gasteiger partial charge is 0.264 e. The van der Waals surface area contributed by atoms with Crippen LogP contribution in [0.1, 0.15) is 79.8 Å². The highest BCUT2D eigenvalue weighted by Crippen LogP contribution is 2.47. The molecule has 1 saturated heterocycles. The van der Waals surface area contributed by atoms with Crippen LogP contribution in [-0.4, -0.2) is 89.7 Å². The summed E-state index contributed by atoms with van der Waals surface area (Å²) in [4.78, 5) is 18.7. The first-order chi connectivity index (χ1) is 25.2. The van der Waals surface area contributed by atoms with Crippen molar-refractivity contribution in [2.24, 2.45) is 23.7 Å². The maximum Gasteiger partial charge on any atom is 0.264 e. The fraction of sp³-hybridized carbons (Fsp3) is 0.634. The number of halogens is 1. The van der Waals surface area contributed by atoms with Crippen LogP contribution in [0.4, 0.5) is 5.69 Å². The second-order valence-electron chi connectivity index (χ2n) is 16.4. The molecule has 0 aromatic heterocycles. The number of sulfonamides is 1. The molecule has 0 radical (unpaired) electrons. The van der Waals surface area contributed by atoms with Crippen molar-refractivity contribution in [1.82, 2.24) is 9.62 Å². The number of hydrogen-bond donors (Lipinski definition) is 1. The Balaban J connectivity index is 1.14. The number of benzene rings is 2. The molecule has 3 aliphatic heterocycles. The van der Waals surface area contributed by atoms with Crippen LogP contribution >= 0.6 is 11.6 Å². The van der Waals surface area contributed by atoms with E-state index in [0.29, 0.717) is 49.4 Å². The zero-order valence-corrected chi connectivity index (χ0v) is 32.0. The molecule has 3 fully saturated rings. The molecule has 282 valence electrons. The van der Waals surface area contributed by atoms with Crippen LogP contribution in [-0.2, 0) is 31.3 Å². The van der Waals surface area contributed by atoms with Crippen molar-refractivity contribution < 1.29 is 27.4 Å². The van der Waals surface area contributed by atoms with Crippen molar-refractivity contribution in [3.8, 4) is 5.75 Å². The van der Waals surface area contributed by atoms with Crippen molar-refractivity contribution in [3.63, 3.8) is 0 Å². The fourth-order valence-electron chi connectivity index (χ4n) is 9.45. The highest BCUT2D eigenvalue weighted by atomic mass is 35.5. The molecule has 8 rings (SSSR count). The SMILES string of the molecule is C[C@@H]1C/C=C/[C@H](OCCN2CCOCC2)[C@@H]2CC[C@H]2CN2C[C@@]3(CCCc4cc(Cl)ccc43)COc3ccc(cc32)C(=O)NS(=O)(=O)[C@@H]1CC1CC1. The van der Waals surface area contributed by atoms with E-state index in [4.69, 9.17) is 25.8 Å². The molecule has 52 heavy (non-hydrogen) atoms. The zero-order chi connectivity index (χ0) is 35.9. The number of carbonyl (C=O) groups is 1. The van der Waals surface area contributed by atoms with Crippen molar-refractivity contribution in [3.05, 3.63) is 70.3 Å². The summed E-state index contributed by atoms with van der Waals surface area (Å²) in [5.74, 6) is 1.12. The molecular weight excluding hydrogens is 698 g/mol. The topological polar surface area (TPSA) is 97.4 Å². The molecule has 6 aliphatic rings. The van der Waals surface area contributed by atoms with Gasteiger partial charge in [-0.1, -0.05) is 49.6 Å². The van der Waals surface area contributed by atoms with E-state index in [1.54, 1.807) is 6.07 Å². The standard InChI is InChI=1S/C41H54ClN3O6S/c1-28-4-2-6-37(50-21-18-44-16-19-49-20-17-44)34-12-9-32(34)25-45-26-41(15-3-5-30-23-33(42)11-13-35(30)41)27-51-38-14-10-31(24-36(38)45)40(46)43-52(47,48)39(28)22-29-7-8-29/h2,6,10-11,13-14,23-24,28-29,32,34,37,39H,3-5,7-9,12,15-22,25-27H2,1H3,(H,43,46)/b6-2+/t28-,32+,34-,37+,39-,41+/m1/s1. The van der Waals surface area contributed by atoms with Gasteiger partial charge in [0, 0.05) is 48.7 Å². The minimum absolute atomic E-state index is 0.0568. The molecular formula is C41H54ClN3O6S. The van der Waals surface area contributed by atoms with Gasteiger partial charge in [-0.3, -0.25) is 9.69 Å². The summed E-state index contributed by atoms with van der Waals surface area (Å²) in [6.07, 6.45) is 12.8. The van der Waals surface area contributed by atoms with Crippen LogP contribution in [0, 0.1) is 23.7 Å². The summed E-state index contributed by atoms with van der Waals surface area (Å²) in [7, 11) is -3.94. The minimum atomic E-state index is -3.94. The predicted molar refractivity (Wildman–Crippen MR) is 204 cm³/mol. The Bertz CT molecular complexity index is 1760. The van der Waals surface area contributed by atoms with Gasteiger partial charge in [-0.15, -0.1) is 0 Å². The number of nitrogens with zero attached hydrogens (tertiary/aromatic N) is 2. The molecule has 0 unspecified atom stereocenters. The summed E-state index contributed by atoms with van der Waals surface area (Å²) in [6, 6.07) is 11.7. The maximum absolute atomic E-state index is 14.0. The second kappa shape index (κ2) is 15.2. The second-order valence-corrected chi connectivity index (χ2v) is 18.7. The number of aryl methyl sites for hydroxylation is 1. The van der Waals surface area contributed by atoms with Gasteiger partial charge in [0.05, 0.1) is 43.5 Å². The third-order valence-electron chi connectivity index (χ3n) is 12.8. The largest absolute Gasteiger partial charge is 0.490 e. The van der Waals surface area contributed by atoms with Crippen molar-refractivity contribution in [2.75, 3.05) is 64.1 Å². The Hall–Kier alpha value is -2.63. The molecule has 2 aromatic carbocycles. The van der Waals surface area contributed by atoms with Gasteiger partial charge in [0.15, 0.2) is 0 Å². The van der Waals surface area contributed by atoms with Crippen molar-refractivity contribution in [2.45, 2.75) is 81.5 Å². The number of rotatable bonds is 6.